The number of aromatic nitrogens is 4. The second kappa shape index (κ2) is 8.93. The van der Waals surface area contributed by atoms with E-state index in [1.54, 1.807) is 58.9 Å². The van der Waals surface area contributed by atoms with Crippen molar-refractivity contribution in [3.05, 3.63) is 87.6 Å². The van der Waals surface area contributed by atoms with E-state index in [0.717, 1.165) is 12.8 Å². The van der Waals surface area contributed by atoms with Crippen molar-refractivity contribution in [3.63, 3.8) is 0 Å². The van der Waals surface area contributed by atoms with Gasteiger partial charge in [0.25, 0.3) is 17.4 Å². The summed E-state index contributed by atoms with van der Waals surface area (Å²) >= 11 is 0. The molecule has 1 N–H and O–H groups in total. The number of nitrogens with zero attached hydrogens (tertiary/aromatic N) is 5. The Bertz CT molecular complexity index is 1230. The Morgan fingerprint density at radius 2 is 1.82 bits per heavy atom. The molecule has 168 valence electrons. The molecular weight excluding hydrogens is 420 g/mol. The molecule has 0 aromatic carbocycles. The van der Waals surface area contributed by atoms with Crippen molar-refractivity contribution in [1.29, 1.82) is 0 Å². The lowest BCUT2D eigenvalue weighted by Gasteiger charge is -2.36. The summed E-state index contributed by atoms with van der Waals surface area (Å²) in [6.07, 6.45) is 9.35. The normalized spacial score (nSPS) is 18.0. The number of rotatable bonds is 3. The molecule has 9 heteroatoms. The van der Waals surface area contributed by atoms with E-state index in [4.69, 9.17) is 4.98 Å². The van der Waals surface area contributed by atoms with Crippen LogP contribution in [0.4, 0.5) is 0 Å². The number of hydrogen-bond donors (Lipinski definition) is 1. The summed E-state index contributed by atoms with van der Waals surface area (Å²) in [4.78, 5) is 58.2. The Morgan fingerprint density at radius 3 is 2.61 bits per heavy atom. The number of nitrogens with one attached hydrogen (secondary N) is 1. The Hall–Kier alpha value is -3.88. The van der Waals surface area contributed by atoms with Gasteiger partial charge in [0.15, 0.2) is 0 Å². The molecule has 1 fully saturated rings. The quantitative estimate of drug-likeness (QED) is 0.662. The van der Waals surface area contributed by atoms with Crippen molar-refractivity contribution < 1.29 is 9.59 Å². The number of hydrogen-bond acceptors (Lipinski definition) is 6. The van der Waals surface area contributed by atoms with Crippen LogP contribution in [0.3, 0.4) is 0 Å². The molecule has 3 aromatic rings. The molecule has 0 aliphatic carbocycles. The number of H-pyrrole nitrogens is 1. The van der Waals surface area contributed by atoms with E-state index in [1.165, 1.54) is 0 Å². The van der Waals surface area contributed by atoms with Crippen LogP contribution >= 0.6 is 0 Å². The molecule has 33 heavy (non-hydrogen) atoms. The van der Waals surface area contributed by atoms with Crippen molar-refractivity contribution in [3.8, 4) is 0 Å². The highest BCUT2D eigenvalue weighted by Gasteiger charge is 2.32. The Morgan fingerprint density at radius 1 is 0.970 bits per heavy atom. The van der Waals surface area contributed by atoms with Crippen LogP contribution in [-0.2, 0) is 13.0 Å². The predicted molar refractivity (Wildman–Crippen MR) is 119 cm³/mol. The van der Waals surface area contributed by atoms with E-state index < -0.39 is 0 Å². The number of carbonyl (C=O) groups is 2. The van der Waals surface area contributed by atoms with E-state index >= 15 is 0 Å². The topological polar surface area (TPSA) is 112 Å². The molecule has 9 nitrogen and oxygen atoms in total. The second-order valence-corrected chi connectivity index (χ2v) is 8.34. The molecule has 5 heterocycles. The first-order valence-corrected chi connectivity index (χ1v) is 11.1. The average molecular weight is 444 g/mol. The number of pyridine rings is 2. The molecule has 2 aliphatic heterocycles. The highest BCUT2D eigenvalue weighted by molar-refractivity contribution is 5.94. The van der Waals surface area contributed by atoms with Crippen molar-refractivity contribution in [2.24, 2.45) is 0 Å². The van der Waals surface area contributed by atoms with Crippen LogP contribution in [0.1, 0.15) is 63.1 Å². The molecular formula is C24H24N6O3. The maximum atomic E-state index is 13.2. The number of amides is 2. The lowest BCUT2D eigenvalue weighted by molar-refractivity contribution is 0.0598. The smallest absolute Gasteiger partial charge is 0.256 e. The lowest BCUT2D eigenvalue weighted by Crippen LogP contribution is -2.42. The van der Waals surface area contributed by atoms with Gasteiger partial charge in [-0.1, -0.05) is 0 Å². The van der Waals surface area contributed by atoms with E-state index in [9.17, 15) is 14.4 Å². The number of fused-ring (bicyclic) bond motifs is 1. The first-order valence-electron chi connectivity index (χ1n) is 11.1. The third-order valence-corrected chi connectivity index (χ3v) is 6.29. The van der Waals surface area contributed by atoms with Gasteiger partial charge in [0.1, 0.15) is 5.82 Å². The second-order valence-electron chi connectivity index (χ2n) is 8.34. The molecule has 5 rings (SSSR count). The lowest BCUT2D eigenvalue weighted by atomic mass is 9.99. The summed E-state index contributed by atoms with van der Waals surface area (Å²) in [6.45, 7) is 1.30. The standard InChI is InChI=1S/C24H24N6O3/c31-22-18-8-13-29(23(32)16-6-10-25-11-7-16)15-19(18)27-21(28-22)20-5-1-2-12-30(20)24(33)17-4-3-9-26-14-17/h3-4,6-7,9-11,14,20H,1-2,5,8,12-13,15H2,(H,27,28,31)/t20-/m0/s1. The summed E-state index contributed by atoms with van der Waals surface area (Å²) in [5, 5.41) is 0. The fraction of sp³-hybridized carbons (Fsp3) is 0.333. The first-order chi connectivity index (χ1) is 16.1. The van der Waals surface area contributed by atoms with E-state index in [-0.39, 0.29) is 30.0 Å². The van der Waals surface area contributed by atoms with Gasteiger partial charge in [-0.15, -0.1) is 0 Å². The van der Waals surface area contributed by atoms with Gasteiger partial charge in [0.05, 0.1) is 23.8 Å². The van der Waals surface area contributed by atoms with Crippen LogP contribution in [0.5, 0.6) is 0 Å². The number of aromatic amines is 1. The van der Waals surface area contributed by atoms with Crippen molar-refractivity contribution in [2.45, 2.75) is 38.3 Å². The summed E-state index contributed by atoms with van der Waals surface area (Å²) < 4.78 is 0. The maximum absolute atomic E-state index is 13.2. The van der Waals surface area contributed by atoms with Gasteiger partial charge in [0.2, 0.25) is 0 Å². The predicted octanol–water partition coefficient (Wildman–Crippen LogP) is 2.13. The van der Waals surface area contributed by atoms with Crippen molar-refractivity contribution in [1.82, 2.24) is 29.7 Å². The first kappa shape index (κ1) is 21.0. The Labute approximate surface area is 190 Å². The molecule has 1 saturated heterocycles. The van der Waals surface area contributed by atoms with E-state index in [2.05, 4.69) is 15.0 Å². The van der Waals surface area contributed by atoms with Gasteiger partial charge in [-0.05, 0) is 49.9 Å². The highest BCUT2D eigenvalue weighted by atomic mass is 16.2. The van der Waals surface area contributed by atoms with Gasteiger partial charge in [-0.25, -0.2) is 4.98 Å². The zero-order valence-corrected chi connectivity index (χ0v) is 18.1. The van der Waals surface area contributed by atoms with Gasteiger partial charge in [-0.3, -0.25) is 24.4 Å². The monoisotopic (exact) mass is 444 g/mol. The summed E-state index contributed by atoms with van der Waals surface area (Å²) in [5.41, 5.74) is 2.09. The minimum atomic E-state index is -0.323. The number of likely N-dealkylation sites (tertiary alicyclic amines) is 1. The van der Waals surface area contributed by atoms with Crippen LogP contribution in [-0.4, -0.2) is 54.6 Å². The molecule has 0 unspecified atom stereocenters. The molecule has 2 amide bonds. The third-order valence-electron chi connectivity index (χ3n) is 6.29. The molecule has 2 aliphatic rings. The molecule has 0 saturated carbocycles. The van der Waals surface area contributed by atoms with E-state index in [0.29, 0.717) is 54.1 Å². The zero-order valence-electron chi connectivity index (χ0n) is 18.1. The van der Waals surface area contributed by atoms with Crippen molar-refractivity contribution in [2.75, 3.05) is 13.1 Å². The van der Waals surface area contributed by atoms with Gasteiger partial charge in [-0.2, -0.15) is 0 Å². The molecule has 3 aromatic heterocycles. The van der Waals surface area contributed by atoms with Crippen LogP contribution < -0.4 is 5.56 Å². The maximum Gasteiger partial charge on any atom is 0.256 e. The van der Waals surface area contributed by atoms with Gasteiger partial charge >= 0.3 is 0 Å². The van der Waals surface area contributed by atoms with Gasteiger partial charge < -0.3 is 14.8 Å². The fourth-order valence-corrected chi connectivity index (χ4v) is 4.58. The summed E-state index contributed by atoms with van der Waals surface area (Å²) in [6, 6.07) is 6.51. The van der Waals surface area contributed by atoms with Gasteiger partial charge in [0, 0.05) is 49.0 Å². The Balaban J connectivity index is 1.44. The Kier molecular flexibility index (Phi) is 5.68. The fourth-order valence-electron chi connectivity index (χ4n) is 4.58. The third kappa shape index (κ3) is 4.13. The van der Waals surface area contributed by atoms with Crippen LogP contribution in [0, 0.1) is 0 Å². The summed E-state index contributed by atoms with van der Waals surface area (Å²) in [7, 11) is 0. The average Bonchev–Trinajstić information content (AvgIpc) is 2.88. The minimum absolute atomic E-state index is 0.113. The molecule has 0 bridgehead atoms. The number of piperidine rings is 1. The van der Waals surface area contributed by atoms with Crippen LogP contribution in [0.2, 0.25) is 0 Å². The minimum Gasteiger partial charge on any atom is -0.332 e. The van der Waals surface area contributed by atoms with E-state index in [1.807, 2.05) is 0 Å². The van der Waals surface area contributed by atoms with Crippen LogP contribution in [0.15, 0.2) is 53.8 Å². The molecule has 1 atom stereocenters. The van der Waals surface area contributed by atoms with Crippen LogP contribution in [0.25, 0.3) is 0 Å². The number of carbonyl (C=O) groups excluding carboxylic acids is 2. The molecule has 0 radical (unpaired) electrons. The van der Waals surface area contributed by atoms with Crippen molar-refractivity contribution >= 4 is 11.8 Å². The summed E-state index contributed by atoms with van der Waals surface area (Å²) in [5.74, 6) is 0.245. The largest absolute Gasteiger partial charge is 0.332 e. The molecule has 0 spiro atoms. The zero-order chi connectivity index (χ0) is 22.8. The highest BCUT2D eigenvalue weighted by Crippen LogP contribution is 2.30. The SMILES string of the molecule is O=C(c1ccncc1)N1CCc2c(nc([C@@H]3CCCCN3C(=O)c3cccnc3)[nH]c2=O)C1.